The van der Waals surface area contributed by atoms with E-state index in [0.29, 0.717) is 6.42 Å². The number of nitrogens with two attached hydrogens (primary N) is 1. The zero-order valence-electron chi connectivity index (χ0n) is 7.80. The highest BCUT2D eigenvalue weighted by Gasteiger charge is 2.16. The monoisotopic (exact) mass is 171 g/mol. The molecule has 0 aromatic rings. The van der Waals surface area contributed by atoms with Crippen LogP contribution in [0.15, 0.2) is 0 Å². The number of carbonyl (C=O) groups is 2. The maximum absolute atomic E-state index is 10.8. The standard InChI is InChI=1S/C9H17NO2/c1-3-4-5-8(9(10)12)6-7(2)11/h8H,3-6H2,1-2H3,(H2,10,12). The summed E-state index contributed by atoms with van der Waals surface area (Å²) in [6.45, 7) is 3.54. The molecule has 0 aromatic carbocycles. The third-order valence-corrected chi connectivity index (χ3v) is 1.84. The number of primary amides is 1. The maximum atomic E-state index is 10.8. The van der Waals surface area contributed by atoms with Crippen LogP contribution in [-0.4, -0.2) is 11.7 Å². The van der Waals surface area contributed by atoms with Crippen molar-refractivity contribution in [1.82, 2.24) is 0 Å². The quantitative estimate of drug-likeness (QED) is 0.654. The van der Waals surface area contributed by atoms with E-state index >= 15 is 0 Å². The van der Waals surface area contributed by atoms with Gasteiger partial charge in [0.2, 0.25) is 5.91 Å². The predicted molar refractivity (Wildman–Crippen MR) is 47.5 cm³/mol. The molecular formula is C9H17NO2. The molecule has 0 radical (unpaired) electrons. The lowest BCUT2D eigenvalue weighted by Crippen LogP contribution is -2.25. The maximum Gasteiger partial charge on any atom is 0.220 e. The van der Waals surface area contributed by atoms with Crippen LogP contribution in [0.2, 0.25) is 0 Å². The number of amides is 1. The highest BCUT2D eigenvalue weighted by atomic mass is 16.1. The van der Waals surface area contributed by atoms with Gasteiger partial charge in [-0.1, -0.05) is 19.8 Å². The molecule has 2 N–H and O–H groups in total. The van der Waals surface area contributed by atoms with Crippen LogP contribution < -0.4 is 5.73 Å². The van der Waals surface area contributed by atoms with E-state index in [1.165, 1.54) is 6.92 Å². The van der Waals surface area contributed by atoms with E-state index in [1.807, 2.05) is 6.92 Å². The molecule has 0 spiro atoms. The Morgan fingerprint density at radius 1 is 1.42 bits per heavy atom. The minimum absolute atomic E-state index is 0.0369. The predicted octanol–water partition coefficient (Wildman–Crippen LogP) is 1.26. The largest absolute Gasteiger partial charge is 0.369 e. The van der Waals surface area contributed by atoms with Gasteiger partial charge in [0.1, 0.15) is 5.78 Å². The van der Waals surface area contributed by atoms with Gasteiger partial charge in [-0.15, -0.1) is 0 Å². The fourth-order valence-corrected chi connectivity index (χ4v) is 1.14. The summed E-state index contributed by atoms with van der Waals surface area (Å²) >= 11 is 0. The van der Waals surface area contributed by atoms with Crippen LogP contribution in [0.3, 0.4) is 0 Å². The van der Waals surface area contributed by atoms with Gasteiger partial charge in [0.05, 0.1) is 0 Å². The summed E-state index contributed by atoms with van der Waals surface area (Å²) in [6.07, 6.45) is 3.03. The van der Waals surface area contributed by atoms with E-state index < -0.39 is 0 Å². The summed E-state index contributed by atoms with van der Waals surface area (Å²) in [5, 5.41) is 0. The first kappa shape index (κ1) is 11.1. The molecule has 3 nitrogen and oxygen atoms in total. The van der Waals surface area contributed by atoms with Crippen molar-refractivity contribution in [3.63, 3.8) is 0 Å². The molecule has 1 atom stereocenters. The van der Waals surface area contributed by atoms with E-state index in [1.54, 1.807) is 0 Å². The van der Waals surface area contributed by atoms with Crippen LogP contribution in [0.4, 0.5) is 0 Å². The smallest absolute Gasteiger partial charge is 0.220 e. The molecule has 0 aliphatic heterocycles. The van der Waals surface area contributed by atoms with E-state index in [-0.39, 0.29) is 17.6 Å². The summed E-state index contributed by atoms with van der Waals surface area (Å²) in [6, 6.07) is 0. The summed E-state index contributed by atoms with van der Waals surface area (Å²) in [4.78, 5) is 21.5. The van der Waals surface area contributed by atoms with Crippen molar-refractivity contribution in [2.24, 2.45) is 11.7 Å². The van der Waals surface area contributed by atoms with Gasteiger partial charge in [0.25, 0.3) is 0 Å². The van der Waals surface area contributed by atoms with Gasteiger partial charge in [-0.3, -0.25) is 4.79 Å². The number of unbranched alkanes of at least 4 members (excludes halogenated alkanes) is 1. The first-order valence-corrected chi connectivity index (χ1v) is 4.36. The molecule has 12 heavy (non-hydrogen) atoms. The van der Waals surface area contributed by atoms with Crippen LogP contribution in [0, 0.1) is 5.92 Å². The van der Waals surface area contributed by atoms with Crippen molar-refractivity contribution < 1.29 is 9.59 Å². The topological polar surface area (TPSA) is 60.2 Å². The lowest BCUT2D eigenvalue weighted by molar-refractivity contribution is -0.126. The highest BCUT2D eigenvalue weighted by Crippen LogP contribution is 2.12. The third-order valence-electron chi connectivity index (χ3n) is 1.84. The van der Waals surface area contributed by atoms with Crippen molar-refractivity contribution in [1.29, 1.82) is 0 Å². The van der Waals surface area contributed by atoms with Gasteiger partial charge < -0.3 is 10.5 Å². The molecule has 0 fully saturated rings. The van der Waals surface area contributed by atoms with Crippen LogP contribution in [-0.2, 0) is 9.59 Å². The number of carbonyl (C=O) groups excluding carboxylic acids is 2. The van der Waals surface area contributed by atoms with Gasteiger partial charge in [0, 0.05) is 12.3 Å². The number of rotatable bonds is 6. The van der Waals surface area contributed by atoms with Gasteiger partial charge >= 0.3 is 0 Å². The van der Waals surface area contributed by atoms with Crippen molar-refractivity contribution in [3.8, 4) is 0 Å². The zero-order chi connectivity index (χ0) is 9.56. The Labute approximate surface area is 73.3 Å². The molecule has 0 saturated carbocycles. The Bertz CT molecular complexity index is 166. The van der Waals surface area contributed by atoms with Crippen molar-refractivity contribution in [2.45, 2.75) is 39.5 Å². The molecule has 0 aliphatic rings. The second-order valence-electron chi connectivity index (χ2n) is 3.15. The molecule has 1 amide bonds. The number of hydrogen-bond donors (Lipinski definition) is 1. The fourth-order valence-electron chi connectivity index (χ4n) is 1.14. The summed E-state index contributed by atoms with van der Waals surface area (Å²) < 4.78 is 0. The first-order chi connectivity index (χ1) is 5.57. The van der Waals surface area contributed by atoms with Crippen molar-refractivity contribution >= 4 is 11.7 Å². The Balaban J connectivity index is 3.87. The average molecular weight is 171 g/mol. The SMILES string of the molecule is CCCCC(CC(C)=O)C(N)=O. The average Bonchev–Trinajstić information content (AvgIpc) is 1.96. The van der Waals surface area contributed by atoms with E-state index in [2.05, 4.69) is 0 Å². The van der Waals surface area contributed by atoms with Gasteiger partial charge in [-0.25, -0.2) is 0 Å². The van der Waals surface area contributed by atoms with Crippen LogP contribution in [0.5, 0.6) is 0 Å². The molecule has 0 aromatic heterocycles. The molecule has 70 valence electrons. The van der Waals surface area contributed by atoms with E-state index in [4.69, 9.17) is 5.73 Å². The van der Waals surface area contributed by atoms with Crippen LogP contribution in [0.1, 0.15) is 39.5 Å². The van der Waals surface area contributed by atoms with E-state index in [0.717, 1.165) is 19.3 Å². The molecule has 0 heterocycles. The van der Waals surface area contributed by atoms with Crippen molar-refractivity contribution in [3.05, 3.63) is 0 Å². The highest BCUT2D eigenvalue weighted by molar-refractivity contribution is 5.84. The van der Waals surface area contributed by atoms with Gasteiger partial charge in [0.15, 0.2) is 0 Å². The number of ketones is 1. The fraction of sp³-hybridized carbons (Fsp3) is 0.778. The summed E-state index contributed by atoms with van der Waals surface area (Å²) in [5.41, 5.74) is 5.13. The lowest BCUT2D eigenvalue weighted by atomic mass is 9.96. The third kappa shape index (κ3) is 4.88. The van der Waals surface area contributed by atoms with Gasteiger partial charge in [-0.05, 0) is 13.3 Å². The minimum atomic E-state index is -0.348. The Hall–Kier alpha value is -0.860. The lowest BCUT2D eigenvalue weighted by Gasteiger charge is -2.09. The first-order valence-electron chi connectivity index (χ1n) is 4.36. The zero-order valence-corrected chi connectivity index (χ0v) is 7.80. The van der Waals surface area contributed by atoms with Crippen LogP contribution in [0.25, 0.3) is 0 Å². The molecule has 0 saturated heterocycles. The Morgan fingerprint density at radius 2 is 2.00 bits per heavy atom. The van der Waals surface area contributed by atoms with E-state index in [9.17, 15) is 9.59 Å². The molecule has 0 rings (SSSR count). The minimum Gasteiger partial charge on any atom is -0.369 e. The normalized spacial score (nSPS) is 12.5. The summed E-state index contributed by atoms with van der Waals surface area (Å²) in [7, 11) is 0. The second kappa shape index (κ2) is 5.75. The molecular weight excluding hydrogens is 154 g/mol. The second-order valence-corrected chi connectivity index (χ2v) is 3.15. The van der Waals surface area contributed by atoms with Crippen LogP contribution >= 0.6 is 0 Å². The summed E-state index contributed by atoms with van der Waals surface area (Å²) in [5.74, 6) is -0.559. The Kier molecular flexibility index (Phi) is 5.34. The van der Waals surface area contributed by atoms with Gasteiger partial charge in [-0.2, -0.15) is 0 Å². The number of hydrogen-bond acceptors (Lipinski definition) is 2. The molecule has 3 heteroatoms. The molecule has 1 unspecified atom stereocenters. The number of Topliss-reactive ketones (excluding diaryl/α,β-unsaturated/α-hetero) is 1. The van der Waals surface area contributed by atoms with Crippen molar-refractivity contribution in [2.75, 3.05) is 0 Å². The Morgan fingerprint density at radius 3 is 2.33 bits per heavy atom. The molecule has 0 bridgehead atoms. The molecule has 0 aliphatic carbocycles.